The number of amides is 1. The number of hydrogen-bond donors (Lipinski definition) is 2. The second-order valence-corrected chi connectivity index (χ2v) is 6.90. The molecule has 0 aliphatic rings. The molecule has 0 spiro atoms. The molecular formula is C21H22N2O4. The van der Waals surface area contributed by atoms with E-state index in [0.717, 1.165) is 16.3 Å². The van der Waals surface area contributed by atoms with Crippen LogP contribution in [0.3, 0.4) is 0 Å². The van der Waals surface area contributed by atoms with Gasteiger partial charge in [0.05, 0.1) is 11.6 Å². The van der Waals surface area contributed by atoms with Crippen LogP contribution in [0.25, 0.3) is 10.8 Å². The highest BCUT2D eigenvalue weighted by Crippen LogP contribution is 2.18. The van der Waals surface area contributed by atoms with Crippen LogP contribution < -0.4 is 5.32 Å². The highest BCUT2D eigenvalue weighted by atomic mass is 16.5. The Kier molecular flexibility index (Phi) is 5.54. The van der Waals surface area contributed by atoms with Gasteiger partial charge in [-0.3, -0.25) is 9.59 Å². The molecule has 0 saturated heterocycles. The predicted octanol–water partition coefficient (Wildman–Crippen LogP) is 3.62. The van der Waals surface area contributed by atoms with E-state index in [2.05, 4.69) is 10.5 Å². The van der Waals surface area contributed by atoms with Crippen molar-refractivity contribution in [2.75, 3.05) is 6.54 Å². The van der Waals surface area contributed by atoms with E-state index in [9.17, 15) is 14.7 Å². The highest BCUT2D eigenvalue weighted by molar-refractivity contribution is 5.91. The molecule has 0 radical (unpaired) electrons. The maximum atomic E-state index is 12.2. The maximum absolute atomic E-state index is 12.2. The van der Waals surface area contributed by atoms with Crippen LogP contribution in [0.4, 0.5) is 0 Å². The van der Waals surface area contributed by atoms with Gasteiger partial charge in [0.25, 0.3) is 5.91 Å². The van der Waals surface area contributed by atoms with Crippen molar-refractivity contribution >= 4 is 22.6 Å². The Morgan fingerprint density at radius 3 is 2.52 bits per heavy atom. The number of nitrogens with zero attached hydrogens (tertiary/aromatic N) is 1. The van der Waals surface area contributed by atoms with E-state index in [4.69, 9.17) is 4.52 Å². The summed E-state index contributed by atoms with van der Waals surface area (Å²) in [4.78, 5) is 23.8. The van der Waals surface area contributed by atoms with Gasteiger partial charge in [0.2, 0.25) is 5.76 Å². The zero-order chi connectivity index (χ0) is 19.4. The summed E-state index contributed by atoms with van der Waals surface area (Å²) >= 11 is 0. The van der Waals surface area contributed by atoms with E-state index in [-0.39, 0.29) is 18.2 Å². The molecule has 3 aromatic rings. The van der Waals surface area contributed by atoms with Crippen molar-refractivity contribution in [3.63, 3.8) is 0 Å². The molecule has 1 unspecified atom stereocenters. The zero-order valence-electron chi connectivity index (χ0n) is 15.3. The summed E-state index contributed by atoms with van der Waals surface area (Å²) in [6.45, 7) is 3.91. The summed E-state index contributed by atoms with van der Waals surface area (Å²) in [6.07, 6.45) is 0.327. The summed E-state index contributed by atoms with van der Waals surface area (Å²) in [5, 5.41) is 18.2. The Hall–Kier alpha value is -3.15. The molecule has 1 atom stereocenters. The minimum absolute atomic E-state index is 0.0126. The number of carboxylic acid groups (broad SMARTS) is 1. The lowest BCUT2D eigenvalue weighted by Gasteiger charge is -2.13. The molecule has 1 heterocycles. The quantitative estimate of drug-likeness (QED) is 0.666. The summed E-state index contributed by atoms with van der Waals surface area (Å²) in [6, 6.07) is 15.4. The molecule has 1 amide bonds. The van der Waals surface area contributed by atoms with Crippen LogP contribution in [0.2, 0.25) is 0 Å². The van der Waals surface area contributed by atoms with E-state index in [1.807, 2.05) is 56.3 Å². The van der Waals surface area contributed by atoms with Crippen LogP contribution in [0.15, 0.2) is 53.1 Å². The smallest absolute Gasteiger partial charge is 0.308 e. The second-order valence-electron chi connectivity index (χ2n) is 6.90. The third-order valence-corrected chi connectivity index (χ3v) is 4.50. The van der Waals surface area contributed by atoms with Gasteiger partial charge in [-0.25, -0.2) is 0 Å². The molecule has 2 N–H and O–H groups in total. The molecular weight excluding hydrogens is 344 g/mol. The predicted molar refractivity (Wildman–Crippen MR) is 102 cm³/mol. The van der Waals surface area contributed by atoms with Crippen molar-refractivity contribution in [3.05, 3.63) is 65.5 Å². The monoisotopic (exact) mass is 366 g/mol. The molecule has 140 valence electrons. The maximum Gasteiger partial charge on any atom is 0.308 e. The fourth-order valence-electron chi connectivity index (χ4n) is 2.87. The van der Waals surface area contributed by atoms with E-state index >= 15 is 0 Å². The molecule has 0 fully saturated rings. The van der Waals surface area contributed by atoms with Crippen LogP contribution in [0, 0.1) is 5.92 Å². The van der Waals surface area contributed by atoms with Crippen LogP contribution in [-0.2, 0) is 11.2 Å². The van der Waals surface area contributed by atoms with Crippen molar-refractivity contribution < 1.29 is 19.2 Å². The van der Waals surface area contributed by atoms with Crippen molar-refractivity contribution in [2.24, 2.45) is 5.92 Å². The first-order valence-corrected chi connectivity index (χ1v) is 8.89. The number of carbonyl (C=O) groups is 2. The van der Waals surface area contributed by atoms with Gasteiger partial charge in [0.1, 0.15) is 0 Å². The highest BCUT2D eigenvalue weighted by Gasteiger charge is 2.21. The third kappa shape index (κ3) is 4.53. The molecule has 0 saturated carbocycles. The number of benzene rings is 2. The van der Waals surface area contributed by atoms with Gasteiger partial charge in [0.15, 0.2) is 0 Å². The largest absolute Gasteiger partial charge is 0.481 e. The van der Waals surface area contributed by atoms with Gasteiger partial charge in [-0.15, -0.1) is 0 Å². The number of aromatic nitrogens is 1. The number of nitrogens with one attached hydrogen (secondary N) is 1. The normalized spacial score (nSPS) is 12.3. The summed E-state index contributed by atoms with van der Waals surface area (Å²) in [7, 11) is 0. The molecule has 1 aromatic heterocycles. The average Bonchev–Trinajstić information content (AvgIpc) is 3.15. The molecule has 6 nitrogen and oxygen atoms in total. The second kappa shape index (κ2) is 8.03. The Morgan fingerprint density at radius 2 is 1.85 bits per heavy atom. The zero-order valence-corrected chi connectivity index (χ0v) is 15.3. The van der Waals surface area contributed by atoms with Gasteiger partial charge in [-0.1, -0.05) is 61.5 Å². The first kappa shape index (κ1) is 18.6. The Labute approximate surface area is 157 Å². The molecule has 0 bridgehead atoms. The van der Waals surface area contributed by atoms with E-state index in [0.29, 0.717) is 12.1 Å². The van der Waals surface area contributed by atoms with Crippen LogP contribution in [-0.4, -0.2) is 28.7 Å². The number of carbonyl (C=O) groups excluding carboxylic acids is 1. The Morgan fingerprint density at radius 1 is 1.11 bits per heavy atom. The minimum atomic E-state index is -0.955. The lowest BCUT2D eigenvalue weighted by atomic mass is 9.97. The molecule has 3 rings (SSSR count). The number of rotatable bonds is 7. The van der Waals surface area contributed by atoms with Crippen molar-refractivity contribution in [2.45, 2.75) is 26.2 Å². The molecule has 6 heteroatoms. The van der Waals surface area contributed by atoms with Crippen LogP contribution in [0.1, 0.15) is 41.6 Å². The summed E-state index contributed by atoms with van der Waals surface area (Å²) < 4.78 is 5.04. The summed E-state index contributed by atoms with van der Waals surface area (Å²) in [5.74, 6) is -1.91. The molecule has 27 heavy (non-hydrogen) atoms. The average molecular weight is 366 g/mol. The Bertz CT molecular complexity index is 961. The SMILES string of the molecule is CC(C)c1cc(C(=O)NCC(Cc2ccc3ccccc3c2)C(=O)O)on1. The summed E-state index contributed by atoms with van der Waals surface area (Å²) in [5.41, 5.74) is 1.60. The first-order chi connectivity index (χ1) is 12.9. The number of fused-ring (bicyclic) bond motifs is 1. The first-order valence-electron chi connectivity index (χ1n) is 8.89. The molecule has 2 aromatic carbocycles. The number of hydrogen-bond acceptors (Lipinski definition) is 4. The van der Waals surface area contributed by atoms with Gasteiger partial charge >= 0.3 is 5.97 Å². The fourth-order valence-corrected chi connectivity index (χ4v) is 2.87. The standard InChI is InChI=1S/C21H22N2O4/c1-13(2)18-11-19(27-23-18)20(24)22-12-17(21(25)26)10-14-7-8-15-5-3-4-6-16(15)9-14/h3-9,11,13,17H,10,12H2,1-2H3,(H,22,24)(H,25,26). The lowest BCUT2D eigenvalue weighted by Crippen LogP contribution is -2.34. The molecule has 0 aliphatic carbocycles. The van der Waals surface area contributed by atoms with Gasteiger partial charge < -0.3 is 14.9 Å². The van der Waals surface area contributed by atoms with E-state index in [1.165, 1.54) is 0 Å². The van der Waals surface area contributed by atoms with E-state index < -0.39 is 17.8 Å². The number of aliphatic carboxylic acids is 1. The van der Waals surface area contributed by atoms with Gasteiger partial charge in [-0.05, 0) is 28.7 Å². The number of carboxylic acids is 1. The topological polar surface area (TPSA) is 92.4 Å². The third-order valence-electron chi connectivity index (χ3n) is 4.50. The fraction of sp³-hybridized carbons (Fsp3) is 0.286. The van der Waals surface area contributed by atoms with Crippen molar-refractivity contribution in [3.8, 4) is 0 Å². The minimum Gasteiger partial charge on any atom is -0.481 e. The lowest BCUT2D eigenvalue weighted by molar-refractivity contribution is -0.141. The van der Waals surface area contributed by atoms with Crippen molar-refractivity contribution in [1.82, 2.24) is 10.5 Å². The van der Waals surface area contributed by atoms with Crippen molar-refractivity contribution in [1.29, 1.82) is 0 Å². The Balaban J connectivity index is 1.66. The van der Waals surface area contributed by atoms with Gasteiger partial charge in [-0.2, -0.15) is 0 Å². The van der Waals surface area contributed by atoms with E-state index in [1.54, 1.807) is 6.07 Å². The van der Waals surface area contributed by atoms with Crippen LogP contribution in [0.5, 0.6) is 0 Å². The molecule has 0 aliphatic heterocycles. The van der Waals surface area contributed by atoms with Crippen LogP contribution >= 0.6 is 0 Å². The van der Waals surface area contributed by atoms with Gasteiger partial charge in [0, 0.05) is 12.6 Å².